The number of quaternary nitrogens is 1. The van der Waals surface area contributed by atoms with E-state index in [1.807, 2.05) is 66.8 Å². The summed E-state index contributed by atoms with van der Waals surface area (Å²) in [5.74, 6) is -0.000478. The highest BCUT2D eigenvalue weighted by Crippen LogP contribution is 2.27. The van der Waals surface area contributed by atoms with Gasteiger partial charge in [0.05, 0.1) is 13.2 Å². The Hall–Kier alpha value is -2.17. The molecule has 0 radical (unpaired) electrons. The zero-order valence-corrected chi connectivity index (χ0v) is 13.1. The van der Waals surface area contributed by atoms with Gasteiger partial charge in [-0.1, -0.05) is 48.5 Å². The van der Waals surface area contributed by atoms with Gasteiger partial charge in [-0.05, 0) is 18.6 Å². The van der Waals surface area contributed by atoms with Gasteiger partial charge in [-0.2, -0.15) is 0 Å². The van der Waals surface area contributed by atoms with Crippen molar-refractivity contribution in [1.29, 1.82) is 0 Å². The van der Waals surface area contributed by atoms with Crippen LogP contribution in [0.5, 0.6) is 0 Å². The third-order valence-corrected chi connectivity index (χ3v) is 3.53. The molecule has 2 rings (SSSR count). The average molecular weight is 299 g/mol. The number of ether oxygens (including phenoxy) is 1. The fourth-order valence-electron chi connectivity index (χ4n) is 2.25. The lowest BCUT2D eigenvalue weighted by Crippen LogP contribution is -2.92. The van der Waals surface area contributed by atoms with Crippen LogP contribution in [-0.2, 0) is 9.53 Å². The van der Waals surface area contributed by atoms with E-state index in [0.717, 1.165) is 23.4 Å². The molecule has 0 aliphatic carbocycles. The van der Waals surface area contributed by atoms with Gasteiger partial charge in [-0.25, -0.2) is 0 Å². The SMILES string of the molecule is COCC[NH2+][C@H](C)C(=O)Nc1ccccc1-c1ccccc1. The molecule has 0 saturated carbocycles. The summed E-state index contributed by atoms with van der Waals surface area (Å²) in [4.78, 5) is 12.3. The summed E-state index contributed by atoms with van der Waals surface area (Å²) < 4.78 is 5.00. The number of nitrogens with two attached hydrogens (primary N) is 1. The van der Waals surface area contributed by atoms with E-state index < -0.39 is 0 Å². The lowest BCUT2D eigenvalue weighted by atomic mass is 10.0. The van der Waals surface area contributed by atoms with Gasteiger partial charge in [0, 0.05) is 18.4 Å². The number of nitrogens with one attached hydrogen (secondary N) is 1. The zero-order chi connectivity index (χ0) is 15.8. The second kappa shape index (κ2) is 8.32. The zero-order valence-electron chi connectivity index (χ0n) is 13.1. The van der Waals surface area contributed by atoms with Gasteiger partial charge >= 0.3 is 0 Å². The molecule has 2 aromatic rings. The quantitative estimate of drug-likeness (QED) is 0.767. The number of hydrogen-bond donors (Lipinski definition) is 2. The largest absolute Gasteiger partial charge is 0.379 e. The molecule has 0 spiro atoms. The minimum absolute atomic E-state index is 0.000478. The molecule has 0 aromatic heterocycles. The van der Waals surface area contributed by atoms with E-state index in [4.69, 9.17) is 4.74 Å². The van der Waals surface area contributed by atoms with Crippen molar-refractivity contribution in [2.24, 2.45) is 0 Å². The molecule has 22 heavy (non-hydrogen) atoms. The van der Waals surface area contributed by atoms with Crippen molar-refractivity contribution in [1.82, 2.24) is 0 Å². The lowest BCUT2D eigenvalue weighted by molar-refractivity contribution is -0.674. The van der Waals surface area contributed by atoms with E-state index in [1.54, 1.807) is 7.11 Å². The molecule has 0 saturated heterocycles. The Morgan fingerprint density at radius 1 is 1.14 bits per heavy atom. The lowest BCUT2D eigenvalue weighted by Gasteiger charge is -2.14. The fraction of sp³-hybridized carbons (Fsp3) is 0.278. The summed E-state index contributed by atoms with van der Waals surface area (Å²) in [6.45, 7) is 3.31. The smallest absolute Gasteiger partial charge is 0.282 e. The normalized spacial score (nSPS) is 11.9. The maximum Gasteiger partial charge on any atom is 0.282 e. The Morgan fingerprint density at radius 3 is 2.55 bits per heavy atom. The summed E-state index contributed by atoms with van der Waals surface area (Å²) in [6.07, 6.45) is 0. The van der Waals surface area contributed by atoms with Gasteiger partial charge in [-0.15, -0.1) is 0 Å². The van der Waals surface area contributed by atoms with Crippen LogP contribution in [0.25, 0.3) is 11.1 Å². The number of para-hydroxylation sites is 1. The minimum Gasteiger partial charge on any atom is -0.379 e. The molecule has 3 N–H and O–H groups in total. The van der Waals surface area contributed by atoms with Gasteiger partial charge in [0.15, 0.2) is 6.04 Å². The Bertz CT molecular complexity index is 599. The molecule has 1 atom stereocenters. The van der Waals surface area contributed by atoms with E-state index in [2.05, 4.69) is 5.32 Å². The number of carbonyl (C=O) groups is 1. The highest BCUT2D eigenvalue weighted by molar-refractivity contribution is 5.97. The van der Waals surface area contributed by atoms with E-state index in [-0.39, 0.29) is 11.9 Å². The van der Waals surface area contributed by atoms with E-state index in [1.165, 1.54) is 0 Å². The van der Waals surface area contributed by atoms with Crippen molar-refractivity contribution in [3.05, 3.63) is 54.6 Å². The van der Waals surface area contributed by atoms with Gasteiger partial charge in [-0.3, -0.25) is 4.79 Å². The first-order chi connectivity index (χ1) is 10.7. The van der Waals surface area contributed by atoms with Crippen LogP contribution in [0, 0.1) is 0 Å². The van der Waals surface area contributed by atoms with Crippen molar-refractivity contribution in [3.63, 3.8) is 0 Å². The molecule has 0 aliphatic rings. The first-order valence-corrected chi connectivity index (χ1v) is 7.50. The molecule has 0 bridgehead atoms. The van der Waals surface area contributed by atoms with Crippen LogP contribution >= 0.6 is 0 Å². The number of methoxy groups -OCH3 is 1. The van der Waals surface area contributed by atoms with Crippen molar-refractivity contribution >= 4 is 11.6 Å². The first kappa shape index (κ1) is 16.2. The first-order valence-electron chi connectivity index (χ1n) is 7.50. The molecule has 4 heteroatoms. The fourth-order valence-corrected chi connectivity index (χ4v) is 2.25. The monoisotopic (exact) mass is 299 g/mol. The van der Waals surface area contributed by atoms with Crippen molar-refractivity contribution in [2.75, 3.05) is 25.6 Å². The Kier molecular flexibility index (Phi) is 6.13. The second-order valence-corrected chi connectivity index (χ2v) is 5.21. The van der Waals surface area contributed by atoms with Gasteiger partial charge in [0.25, 0.3) is 5.91 Å². The topological polar surface area (TPSA) is 54.9 Å². The number of benzene rings is 2. The second-order valence-electron chi connectivity index (χ2n) is 5.21. The molecule has 0 fully saturated rings. The van der Waals surface area contributed by atoms with Crippen LogP contribution < -0.4 is 10.6 Å². The molecule has 1 amide bonds. The van der Waals surface area contributed by atoms with Crippen LogP contribution in [0.3, 0.4) is 0 Å². The number of rotatable bonds is 7. The highest BCUT2D eigenvalue weighted by Gasteiger charge is 2.17. The molecule has 0 unspecified atom stereocenters. The maximum atomic E-state index is 12.3. The Morgan fingerprint density at radius 2 is 1.82 bits per heavy atom. The van der Waals surface area contributed by atoms with Crippen LogP contribution in [0.1, 0.15) is 6.92 Å². The molecule has 116 valence electrons. The third kappa shape index (κ3) is 4.41. The predicted octanol–water partition coefficient (Wildman–Crippen LogP) is 1.89. The summed E-state index contributed by atoms with van der Waals surface area (Å²) in [5.41, 5.74) is 2.96. The Balaban J connectivity index is 2.08. The molecular weight excluding hydrogens is 276 g/mol. The highest BCUT2D eigenvalue weighted by atomic mass is 16.5. The van der Waals surface area contributed by atoms with E-state index in [9.17, 15) is 4.79 Å². The minimum atomic E-state index is -0.154. The molecule has 2 aromatic carbocycles. The van der Waals surface area contributed by atoms with Gasteiger partial charge in [0.1, 0.15) is 0 Å². The van der Waals surface area contributed by atoms with Crippen molar-refractivity contribution in [3.8, 4) is 11.1 Å². The molecular formula is C18H23N2O2+. The summed E-state index contributed by atoms with van der Waals surface area (Å²) in [5, 5.41) is 5.00. The van der Waals surface area contributed by atoms with Crippen molar-refractivity contribution < 1.29 is 14.8 Å². The molecule has 0 aliphatic heterocycles. The summed E-state index contributed by atoms with van der Waals surface area (Å²) >= 11 is 0. The number of anilines is 1. The predicted molar refractivity (Wildman–Crippen MR) is 88.6 cm³/mol. The standard InChI is InChI=1S/C18H22N2O2/c1-14(19-12-13-22-2)18(21)20-17-11-7-6-10-16(17)15-8-4-3-5-9-15/h3-11,14,19H,12-13H2,1-2H3,(H,20,21)/p+1/t14-/m1/s1. The third-order valence-electron chi connectivity index (χ3n) is 3.53. The Labute approximate surface area is 131 Å². The summed E-state index contributed by atoms with van der Waals surface area (Å²) in [7, 11) is 1.66. The number of hydrogen-bond acceptors (Lipinski definition) is 2. The van der Waals surface area contributed by atoms with Crippen LogP contribution in [0.4, 0.5) is 5.69 Å². The number of amides is 1. The average Bonchev–Trinajstić information content (AvgIpc) is 2.56. The maximum absolute atomic E-state index is 12.3. The van der Waals surface area contributed by atoms with Crippen LogP contribution in [-0.4, -0.2) is 32.2 Å². The molecule has 0 heterocycles. The van der Waals surface area contributed by atoms with E-state index >= 15 is 0 Å². The van der Waals surface area contributed by atoms with Crippen LogP contribution in [0.15, 0.2) is 54.6 Å². The summed E-state index contributed by atoms with van der Waals surface area (Å²) in [6, 6.07) is 17.8. The van der Waals surface area contributed by atoms with Gasteiger partial charge in [0.2, 0.25) is 0 Å². The number of carbonyl (C=O) groups excluding carboxylic acids is 1. The van der Waals surface area contributed by atoms with Gasteiger partial charge < -0.3 is 15.4 Å². The van der Waals surface area contributed by atoms with Crippen molar-refractivity contribution in [2.45, 2.75) is 13.0 Å². The van der Waals surface area contributed by atoms with E-state index in [0.29, 0.717) is 6.61 Å². The van der Waals surface area contributed by atoms with Crippen LogP contribution in [0.2, 0.25) is 0 Å². The molecule has 4 nitrogen and oxygen atoms in total.